The molecule has 0 atom stereocenters. The Hall–Kier alpha value is -1.87. The monoisotopic (exact) mass is 408 g/mol. The lowest BCUT2D eigenvalue weighted by Gasteiger charge is -2.12. The maximum absolute atomic E-state index is 12.5. The third kappa shape index (κ3) is 4.19. The number of hydrogen-bond acceptors (Lipinski definition) is 7. The number of rotatable bonds is 7. The lowest BCUT2D eigenvalue weighted by atomic mass is 10.1. The molecule has 7 nitrogen and oxygen atoms in total. The van der Waals surface area contributed by atoms with E-state index in [4.69, 9.17) is 4.74 Å². The molecular formula is C18H24N4O3S2. The van der Waals surface area contributed by atoms with Gasteiger partial charge in [-0.3, -0.25) is 4.79 Å². The van der Waals surface area contributed by atoms with E-state index in [0.717, 1.165) is 35.8 Å². The van der Waals surface area contributed by atoms with E-state index in [2.05, 4.69) is 29.4 Å². The van der Waals surface area contributed by atoms with Gasteiger partial charge in [0.25, 0.3) is 0 Å². The number of thioether (sulfide) groups is 1. The van der Waals surface area contributed by atoms with Gasteiger partial charge >= 0.3 is 5.97 Å². The van der Waals surface area contributed by atoms with Gasteiger partial charge in [0.05, 0.1) is 17.9 Å². The number of nitrogens with one attached hydrogen (secondary N) is 1. The van der Waals surface area contributed by atoms with Crippen LogP contribution in [0.1, 0.15) is 59.9 Å². The first-order valence-corrected chi connectivity index (χ1v) is 10.9. The van der Waals surface area contributed by atoms with Crippen molar-refractivity contribution in [1.82, 2.24) is 14.8 Å². The highest BCUT2D eigenvalue weighted by atomic mass is 32.2. The molecule has 27 heavy (non-hydrogen) atoms. The van der Waals surface area contributed by atoms with Crippen LogP contribution in [-0.4, -0.2) is 39.0 Å². The number of esters is 1. The fourth-order valence-corrected chi connectivity index (χ4v) is 5.45. The van der Waals surface area contributed by atoms with E-state index in [1.807, 2.05) is 11.5 Å². The van der Waals surface area contributed by atoms with Crippen LogP contribution in [0.2, 0.25) is 0 Å². The highest BCUT2D eigenvalue weighted by Gasteiger charge is 2.28. The Balaban J connectivity index is 1.71. The Morgan fingerprint density at radius 3 is 2.81 bits per heavy atom. The molecule has 0 saturated carbocycles. The molecule has 0 spiro atoms. The summed E-state index contributed by atoms with van der Waals surface area (Å²) >= 11 is 2.83. The van der Waals surface area contributed by atoms with Crippen molar-refractivity contribution in [2.24, 2.45) is 0 Å². The van der Waals surface area contributed by atoms with Crippen molar-refractivity contribution in [1.29, 1.82) is 0 Å². The molecule has 1 amide bonds. The van der Waals surface area contributed by atoms with Gasteiger partial charge in [0.2, 0.25) is 5.91 Å². The number of thiophene rings is 1. The maximum Gasteiger partial charge on any atom is 0.341 e. The van der Waals surface area contributed by atoms with Crippen molar-refractivity contribution < 1.29 is 14.3 Å². The molecule has 0 bridgehead atoms. The summed E-state index contributed by atoms with van der Waals surface area (Å²) in [6, 6.07) is 0.223. The molecular weight excluding hydrogens is 384 g/mol. The van der Waals surface area contributed by atoms with Crippen LogP contribution >= 0.6 is 23.1 Å². The minimum atomic E-state index is -0.352. The molecule has 2 heterocycles. The molecule has 0 fully saturated rings. The molecule has 1 N–H and O–H groups in total. The zero-order chi connectivity index (χ0) is 19.6. The van der Waals surface area contributed by atoms with Crippen LogP contribution in [0.3, 0.4) is 0 Å². The molecule has 1 aliphatic rings. The first-order valence-electron chi connectivity index (χ1n) is 9.08. The number of anilines is 1. The molecule has 1 aliphatic carbocycles. The zero-order valence-electron chi connectivity index (χ0n) is 16.0. The lowest BCUT2D eigenvalue weighted by Crippen LogP contribution is -2.17. The number of hydrogen-bond donors (Lipinski definition) is 1. The predicted octanol–water partition coefficient (Wildman–Crippen LogP) is 3.63. The SMILES string of the molecule is CCOC(=O)c1c(NC(=O)CSc2nnc(C)n2C(C)C)sc2c1CCC2. The summed E-state index contributed by atoms with van der Waals surface area (Å²) < 4.78 is 7.20. The number of aromatic nitrogens is 3. The second kappa shape index (κ2) is 8.43. The summed E-state index contributed by atoms with van der Waals surface area (Å²) in [5.41, 5.74) is 1.57. The molecule has 3 rings (SSSR count). The van der Waals surface area contributed by atoms with Crippen LogP contribution in [-0.2, 0) is 22.4 Å². The topological polar surface area (TPSA) is 86.1 Å². The van der Waals surface area contributed by atoms with Gasteiger partial charge in [-0.25, -0.2) is 4.79 Å². The lowest BCUT2D eigenvalue weighted by molar-refractivity contribution is -0.113. The number of carbonyl (C=O) groups excluding carboxylic acids is 2. The Kier molecular flexibility index (Phi) is 6.21. The average molecular weight is 409 g/mol. The highest BCUT2D eigenvalue weighted by molar-refractivity contribution is 7.99. The second-order valence-electron chi connectivity index (χ2n) is 6.61. The van der Waals surface area contributed by atoms with E-state index < -0.39 is 0 Å². The van der Waals surface area contributed by atoms with E-state index >= 15 is 0 Å². The average Bonchev–Trinajstić information content (AvgIpc) is 3.27. The summed E-state index contributed by atoms with van der Waals surface area (Å²) in [5.74, 6) is 0.513. The van der Waals surface area contributed by atoms with Crippen LogP contribution in [0.5, 0.6) is 0 Å². The van der Waals surface area contributed by atoms with E-state index in [1.54, 1.807) is 6.92 Å². The second-order valence-corrected chi connectivity index (χ2v) is 8.66. The summed E-state index contributed by atoms with van der Waals surface area (Å²) in [7, 11) is 0. The zero-order valence-corrected chi connectivity index (χ0v) is 17.6. The number of ether oxygens (including phenoxy) is 1. The number of aryl methyl sites for hydroxylation is 2. The van der Waals surface area contributed by atoms with Gasteiger partial charge in [-0.05, 0) is 52.5 Å². The Morgan fingerprint density at radius 1 is 1.33 bits per heavy atom. The molecule has 146 valence electrons. The maximum atomic E-state index is 12.5. The van der Waals surface area contributed by atoms with Crippen molar-refractivity contribution in [2.75, 3.05) is 17.7 Å². The molecule has 0 aromatic carbocycles. The van der Waals surface area contributed by atoms with Crippen LogP contribution in [0.25, 0.3) is 0 Å². The summed E-state index contributed by atoms with van der Waals surface area (Å²) in [5, 5.41) is 12.5. The van der Waals surface area contributed by atoms with Gasteiger partial charge in [-0.2, -0.15) is 0 Å². The van der Waals surface area contributed by atoms with Gasteiger partial charge in [0.1, 0.15) is 10.8 Å². The van der Waals surface area contributed by atoms with Gasteiger partial charge in [-0.1, -0.05) is 11.8 Å². The van der Waals surface area contributed by atoms with Crippen LogP contribution in [0.15, 0.2) is 5.16 Å². The molecule has 2 aromatic heterocycles. The third-order valence-electron chi connectivity index (χ3n) is 4.34. The van der Waals surface area contributed by atoms with Crippen molar-refractivity contribution in [3.05, 3.63) is 21.8 Å². The van der Waals surface area contributed by atoms with Gasteiger partial charge < -0.3 is 14.6 Å². The van der Waals surface area contributed by atoms with E-state index in [-0.39, 0.29) is 23.7 Å². The van der Waals surface area contributed by atoms with Crippen molar-refractivity contribution >= 4 is 40.0 Å². The molecule has 0 radical (unpaired) electrons. The fraction of sp³-hybridized carbons (Fsp3) is 0.556. The van der Waals surface area contributed by atoms with Crippen LogP contribution < -0.4 is 5.32 Å². The molecule has 9 heteroatoms. The number of carbonyl (C=O) groups is 2. The summed E-state index contributed by atoms with van der Waals surface area (Å²) in [4.78, 5) is 26.1. The summed E-state index contributed by atoms with van der Waals surface area (Å²) in [6.45, 7) is 8.11. The Labute approximate surface area is 166 Å². The number of nitrogens with zero attached hydrogens (tertiary/aromatic N) is 3. The standard InChI is InChI=1S/C18H24N4O3S2/c1-5-25-17(24)15-12-7-6-8-13(12)27-16(15)19-14(23)9-26-18-21-20-11(4)22(18)10(2)3/h10H,5-9H2,1-4H3,(H,19,23). The molecule has 0 unspecified atom stereocenters. The van der Waals surface area contributed by atoms with Gasteiger partial charge in [0, 0.05) is 10.9 Å². The van der Waals surface area contributed by atoms with Gasteiger partial charge in [-0.15, -0.1) is 21.5 Å². The highest BCUT2D eigenvalue weighted by Crippen LogP contribution is 2.39. The Bertz CT molecular complexity index is 857. The predicted molar refractivity (Wildman–Crippen MR) is 107 cm³/mol. The molecule has 0 aliphatic heterocycles. The van der Waals surface area contributed by atoms with E-state index in [0.29, 0.717) is 17.2 Å². The van der Waals surface area contributed by atoms with E-state index in [1.165, 1.54) is 28.0 Å². The molecule has 0 saturated heterocycles. The smallest absolute Gasteiger partial charge is 0.341 e. The van der Waals surface area contributed by atoms with Gasteiger partial charge in [0.15, 0.2) is 5.16 Å². The Morgan fingerprint density at radius 2 is 2.11 bits per heavy atom. The van der Waals surface area contributed by atoms with Crippen molar-refractivity contribution in [3.63, 3.8) is 0 Å². The van der Waals surface area contributed by atoms with Crippen LogP contribution in [0, 0.1) is 6.92 Å². The normalized spacial score (nSPS) is 13.1. The molecule has 2 aromatic rings. The number of fused-ring (bicyclic) bond motifs is 1. The fourth-order valence-electron chi connectivity index (χ4n) is 3.25. The summed E-state index contributed by atoms with van der Waals surface area (Å²) in [6.07, 6.45) is 2.86. The minimum absolute atomic E-state index is 0.165. The first-order chi connectivity index (χ1) is 12.9. The largest absolute Gasteiger partial charge is 0.462 e. The first kappa shape index (κ1) is 19.9. The van der Waals surface area contributed by atoms with Crippen LogP contribution in [0.4, 0.5) is 5.00 Å². The number of amides is 1. The third-order valence-corrected chi connectivity index (χ3v) is 6.49. The van der Waals surface area contributed by atoms with E-state index in [9.17, 15) is 9.59 Å². The minimum Gasteiger partial charge on any atom is -0.462 e. The quantitative estimate of drug-likeness (QED) is 0.556. The van der Waals surface area contributed by atoms with Crippen molar-refractivity contribution in [2.45, 2.75) is 58.2 Å². The van der Waals surface area contributed by atoms with Crippen molar-refractivity contribution in [3.8, 4) is 0 Å².